The van der Waals surface area contributed by atoms with Crippen LogP contribution in [0.5, 0.6) is 0 Å². The third-order valence-corrected chi connectivity index (χ3v) is 4.53. The first-order valence-electron chi connectivity index (χ1n) is 8.90. The number of carbonyl (C=O) groups is 1. The van der Waals surface area contributed by atoms with Crippen molar-refractivity contribution in [3.63, 3.8) is 0 Å². The highest BCUT2D eigenvalue weighted by Gasteiger charge is 2.23. The van der Waals surface area contributed by atoms with Crippen molar-refractivity contribution in [3.8, 4) is 0 Å². The van der Waals surface area contributed by atoms with E-state index in [1.807, 2.05) is 32.2 Å². The Morgan fingerprint density at radius 1 is 1.26 bits per heavy atom. The summed E-state index contributed by atoms with van der Waals surface area (Å²) in [5.74, 6) is 0.289. The Bertz CT molecular complexity index is 809. The summed E-state index contributed by atoms with van der Waals surface area (Å²) in [7, 11) is 3.64. The zero-order chi connectivity index (χ0) is 20.0. The van der Waals surface area contributed by atoms with E-state index in [1.54, 1.807) is 25.1 Å². The zero-order valence-electron chi connectivity index (χ0n) is 16.4. The molecule has 0 unspecified atom stereocenters. The molecule has 1 heterocycles. The van der Waals surface area contributed by atoms with E-state index >= 15 is 0 Å². The van der Waals surface area contributed by atoms with Gasteiger partial charge in [0.1, 0.15) is 5.84 Å². The molecule has 0 aliphatic carbocycles. The first-order chi connectivity index (χ1) is 12.9. The quantitative estimate of drug-likeness (QED) is 0.393. The Hall–Kier alpha value is -3.09. The number of rotatable bonds is 6. The first-order valence-corrected chi connectivity index (χ1v) is 8.90. The van der Waals surface area contributed by atoms with Gasteiger partial charge in [-0.25, -0.2) is 0 Å². The number of nitrogens with zero attached hydrogens (tertiary/aromatic N) is 1. The smallest absolute Gasteiger partial charge is 0.219 e. The van der Waals surface area contributed by atoms with E-state index < -0.39 is 0 Å². The van der Waals surface area contributed by atoms with Gasteiger partial charge in [-0.3, -0.25) is 10.2 Å². The molecule has 0 fully saturated rings. The van der Waals surface area contributed by atoms with Crippen LogP contribution in [0.1, 0.15) is 24.5 Å². The lowest BCUT2D eigenvalue weighted by Crippen LogP contribution is -2.40. The minimum absolute atomic E-state index is 0.0149. The predicted octanol–water partition coefficient (Wildman–Crippen LogP) is 2.32. The molecule has 5 N–H and O–H groups in total. The third kappa shape index (κ3) is 4.97. The monoisotopic (exact) mass is 368 g/mol. The second kappa shape index (κ2) is 9.02. The molecule has 1 aliphatic heterocycles. The fraction of sp³-hybridized carbons (Fsp3) is 0.350. The lowest BCUT2D eigenvalue weighted by Gasteiger charge is -2.30. The van der Waals surface area contributed by atoms with E-state index in [9.17, 15) is 4.79 Å². The van der Waals surface area contributed by atoms with Gasteiger partial charge in [0.2, 0.25) is 5.91 Å². The number of amides is 1. The summed E-state index contributed by atoms with van der Waals surface area (Å²) >= 11 is 0. The van der Waals surface area contributed by atoms with Gasteiger partial charge >= 0.3 is 0 Å². The van der Waals surface area contributed by atoms with Crippen LogP contribution in [0.15, 0.2) is 35.7 Å². The summed E-state index contributed by atoms with van der Waals surface area (Å²) in [5.41, 5.74) is 5.23. The van der Waals surface area contributed by atoms with Crippen LogP contribution in [0.3, 0.4) is 0 Å². The van der Waals surface area contributed by atoms with Crippen molar-refractivity contribution in [2.24, 2.45) is 0 Å². The van der Waals surface area contributed by atoms with Gasteiger partial charge in [0.05, 0.1) is 6.54 Å². The molecule has 0 spiro atoms. The molecular weight excluding hydrogens is 340 g/mol. The number of benzene rings is 1. The van der Waals surface area contributed by atoms with E-state index in [0.29, 0.717) is 19.5 Å². The molecule has 0 saturated heterocycles. The highest BCUT2D eigenvalue weighted by Crippen LogP contribution is 2.22. The van der Waals surface area contributed by atoms with Crippen molar-refractivity contribution >= 4 is 29.2 Å². The molecule has 2 rings (SSSR count). The Morgan fingerprint density at radius 2 is 2.00 bits per heavy atom. The summed E-state index contributed by atoms with van der Waals surface area (Å²) < 4.78 is 0. The van der Waals surface area contributed by atoms with Gasteiger partial charge in [-0.15, -0.1) is 0 Å². The molecule has 0 saturated carbocycles. The SMILES string of the molecule is CN/C=C(\C=N)c1cc(C)cc(NC(=N)C2=C(NC)CCN(C(C)=O)C2)c1. The molecule has 1 amide bonds. The van der Waals surface area contributed by atoms with Crippen LogP contribution >= 0.6 is 0 Å². The van der Waals surface area contributed by atoms with Crippen molar-refractivity contribution in [2.75, 3.05) is 32.5 Å². The van der Waals surface area contributed by atoms with Crippen LogP contribution in [0.4, 0.5) is 5.69 Å². The van der Waals surface area contributed by atoms with E-state index in [0.717, 1.165) is 33.7 Å². The van der Waals surface area contributed by atoms with Crippen molar-refractivity contribution in [3.05, 3.63) is 46.8 Å². The summed E-state index contributed by atoms with van der Waals surface area (Å²) in [5, 5.41) is 25.4. The Kier molecular flexibility index (Phi) is 6.76. The predicted molar refractivity (Wildman–Crippen MR) is 111 cm³/mol. The first kappa shape index (κ1) is 20.2. The van der Waals surface area contributed by atoms with E-state index in [4.69, 9.17) is 10.8 Å². The number of carbonyl (C=O) groups excluding carboxylic acids is 1. The van der Waals surface area contributed by atoms with Crippen LogP contribution in [0, 0.1) is 17.7 Å². The van der Waals surface area contributed by atoms with Crippen molar-refractivity contribution < 1.29 is 4.79 Å². The molecular formula is C20H28N6O. The van der Waals surface area contributed by atoms with Crippen LogP contribution < -0.4 is 16.0 Å². The lowest BCUT2D eigenvalue weighted by molar-refractivity contribution is -0.128. The topological polar surface area (TPSA) is 104 Å². The molecule has 144 valence electrons. The molecule has 7 heteroatoms. The number of anilines is 1. The maximum absolute atomic E-state index is 11.7. The summed E-state index contributed by atoms with van der Waals surface area (Å²) in [4.78, 5) is 13.5. The molecule has 0 atom stereocenters. The molecule has 0 radical (unpaired) electrons. The summed E-state index contributed by atoms with van der Waals surface area (Å²) in [6.45, 7) is 4.62. The van der Waals surface area contributed by atoms with Gasteiger partial charge in [0.25, 0.3) is 0 Å². The van der Waals surface area contributed by atoms with Crippen LogP contribution in [-0.4, -0.2) is 50.0 Å². The largest absolute Gasteiger partial charge is 0.393 e. The minimum atomic E-state index is 0.0149. The van der Waals surface area contributed by atoms with Crippen LogP contribution in [0.2, 0.25) is 0 Å². The van der Waals surface area contributed by atoms with E-state index in [1.165, 1.54) is 6.21 Å². The maximum Gasteiger partial charge on any atom is 0.219 e. The van der Waals surface area contributed by atoms with Gasteiger partial charge in [-0.2, -0.15) is 0 Å². The zero-order valence-corrected chi connectivity index (χ0v) is 16.4. The molecule has 1 aliphatic rings. The number of nitrogens with one attached hydrogen (secondary N) is 5. The number of amidine groups is 1. The van der Waals surface area contributed by atoms with Crippen molar-refractivity contribution in [1.29, 1.82) is 10.8 Å². The fourth-order valence-corrected chi connectivity index (χ4v) is 3.14. The van der Waals surface area contributed by atoms with Crippen LogP contribution in [0.25, 0.3) is 5.57 Å². The molecule has 0 bridgehead atoms. The number of hydrogen-bond acceptors (Lipinski definition) is 5. The Labute approximate surface area is 160 Å². The van der Waals surface area contributed by atoms with Crippen molar-refractivity contribution in [1.82, 2.24) is 15.5 Å². The lowest BCUT2D eigenvalue weighted by atomic mass is 10.0. The average molecular weight is 368 g/mol. The minimum Gasteiger partial charge on any atom is -0.393 e. The number of hydrogen-bond donors (Lipinski definition) is 5. The van der Waals surface area contributed by atoms with Gasteiger partial charge in [0.15, 0.2) is 0 Å². The van der Waals surface area contributed by atoms with E-state index in [-0.39, 0.29) is 11.7 Å². The fourth-order valence-electron chi connectivity index (χ4n) is 3.14. The molecule has 1 aromatic rings. The van der Waals surface area contributed by atoms with Gasteiger partial charge in [-0.05, 0) is 30.2 Å². The van der Waals surface area contributed by atoms with Gasteiger partial charge < -0.3 is 26.3 Å². The molecule has 0 aromatic heterocycles. The highest BCUT2D eigenvalue weighted by atomic mass is 16.2. The van der Waals surface area contributed by atoms with E-state index in [2.05, 4.69) is 16.0 Å². The average Bonchev–Trinajstić information content (AvgIpc) is 2.64. The summed E-state index contributed by atoms with van der Waals surface area (Å²) in [6.07, 6.45) is 3.77. The third-order valence-electron chi connectivity index (χ3n) is 4.53. The standard InChI is InChI=1S/C20H28N6O/c1-13-7-15(16(10-21)11-23-3)9-17(8-13)25-20(22)18-12-26(14(2)27)6-5-19(18)24-4/h7-11,21,23-24H,5-6,12H2,1-4H3,(H2,22,25)/b16-11+,21-10?. The molecule has 27 heavy (non-hydrogen) atoms. The number of aryl methyl sites for hydroxylation is 1. The van der Waals surface area contributed by atoms with Gasteiger partial charge in [-0.1, -0.05) is 6.07 Å². The maximum atomic E-state index is 11.7. The molecule has 7 nitrogen and oxygen atoms in total. The second-order valence-corrected chi connectivity index (χ2v) is 6.52. The number of allylic oxidation sites excluding steroid dienone is 1. The van der Waals surface area contributed by atoms with Crippen molar-refractivity contribution in [2.45, 2.75) is 20.3 Å². The Balaban J connectivity index is 2.30. The van der Waals surface area contributed by atoms with Crippen LogP contribution in [-0.2, 0) is 4.79 Å². The van der Waals surface area contributed by atoms with Gasteiger partial charge in [0, 0.05) is 68.9 Å². The molecule has 1 aromatic carbocycles. The normalized spacial score (nSPS) is 14.7. The second-order valence-electron chi connectivity index (χ2n) is 6.52. The summed E-state index contributed by atoms with van der Waals surface area (Å²) in [6, 6.07) is 5.88. The Morgan fingerprint density at radius 3 is 2.59 bits per heavy atom. The highest BCUT2D eigenvalue weighted by molar-refractivity contribution is 6.10.